The number of benzene rings is 2. The molecule has 1 heterocycles. The minimum atomic E-state index is 0.0252. The molecule has 0 bridgehead atoms. The summed E-state index contributed by atoms with van der Waals surface area (Å²) >= 11 is 0. The number of carbonyl (C=O) groups is 1. The summed E-state index contributed by atoms with van der Waals surface area (Å²) in [6.45, 7) is 6.61. The van der Waals surface area contributed by atoms with Crippen molar-refractivity contribution in [3.05, 3.63) is 59.2 Å². The van der Waals surface area contributed by atoms with Gasteiger partial charge in [-0.15, -0.1) is 0 Å². The van der Waals surface area contributed by atoms with E-state index in [0.717, 1.165) is 17.0 Å². The van der Waals surface area contributed by atoms with Crippen molar-refractivity contribution in [1.82, 2.24) is 0 Å². The second-order valence-electron chi connectivity index (χ2n) is 7.10. The Morgan fingerprint density at radius 3 is 2.52 bits per heavy atom. The number of nitrogens with one attached hydrogen (secondary N) is 1. The Labute approximate surface area is 137 Å². The highest BCUT2D eigenvalue weighted by Gasteiger charge is 2.29. The zero-order valence-corrected chi connectivity index (χ0v) is 14.1. The van der Waals surface area contributed by atoms with Crippen LogP contribution in [-0.4, -0.2) is 13.0 Å². The number of fused-ring (bicyclic) bond motifs is 1. The minimum absolute atomic E-state index is 0.0252. The van der Waals surface area contributed by atoms with Gasteiger partial charge in [0.2, 0.25) is 5.91 Å². The molecule has 1 N–H and O–H groups in total. The van der Waals surface area contributed by atoms with Crippen LogP contribution in [0, 0.1) is 0 Å². The van der Waals surface area contributed by atoms with Crippen LogP contribution >= 0.6 is 0 Å². The van der Waals surface area contributed by atoms with Gasteiger partial charge in [-0.25, -0.2) is 0 Å². The molecule has 0 radical (unpaired) electrons. The molecule has 120 valence electrons. The zero-order chi connectivity index (χ0) is 16.6. The van der Waals surface area contributed by atoms with Crippen molar-refractivity contribution in [2.24, 2.45) is 0 Å². The zero-order valence-electron chi connectivity index (χ0n) is 14.1. The van der Waals surface area contributed by atoms with E-state index in [1.807, 2.05) is 24.3 Å². The van der Waals surface area contributed by atoms with E-state index in [1.165, 1.54) is 11.1 Å². The van der Waals surface area contributed by atoms with Crippen LogP contribution in [-0.2, 0) is 10.2 Å². The first kappa shape index (κ1) is 15.6. The molecule has 1 unspecified atom stereocenters. The van der Waals surface area contributed by atoms with E-state index in [1.54, 1.807) is 7.11 Å². The molecular weight excluding hydrogens is 286 g/mol. The maximum atomic E-state index is 12.1. The number of para-hydroxylation sites is 1. The molecule has 0 aliphatic carbocycles. The number of hydrogen-bond donors (Lipinski definition) is 1. The number of methoxy groups -OCH3 is 1. The van der Waals surface area contributed by atoms with E-state index >= 15 is 0 Å². The van der Waals surface area contributed by atoms with E-state index in [4.69, 9.17) is 4.74 Å². The van der Waals surface area contributed by atoms with E-state index in [-0.39, 0.29) is 17.2 Å². The summed E-state index contributed by atoms with van der Waals surface area (Å²) in [5.41, 5.74) is 4.48. The quantitative estimate of drug-likeness (QED) is 0.889. The van der Waals surface area contributed by atoms with Crippen LogP contribution in [0.2, 0.25) is 0 Å². The minimum Gasteiger partial charge on any atom is -0.496 e. The number of amides is 1. The Morgan fingerprint density at radius 2 is 1.83 bits per heavy atom. The van der Waals surface area contributed by atoms with Gasteiger partial charge in [0.15, 0.2) is 0 Å². The van der Waals surface area contributed by atoms with Crippen molar-refractivity contribution < 1.29 is 9.53 Å². The lowest BCUT2D eigenvalue weighted by molar-refractivity contribution is -0.116. The number of carbonyl (C=O) groups excluding carboxylic acids is 1. The van der Waals surface area contributed by atoms with Gasteiger partial charge in [0.05, 0.1) is 7.11 Å². The fraction of sp³-hybridized carbons (Fsp3) is 0.350. The monoisotopic (exact) mass is 309 g/mol. The molecule has 0 spiro atoms. The van der Waals surface area contributed by atoms with Gasteiger partial charge in [-0.2, -0.15) is 0 Å². The van der Waals surface area contributed by atoms with Crippen LogP contribution in [0.15, 0.2) is 42.5 Å². The number of anilines is 1. The van der Waals surface area contributed by atoms with Crippen LogP contribution in [0.4, 0.5) is 5.69 Å². The van der Waals surface area contributed by atoms with Gasteiger partial charge in [-0.05, 0) is 28.7 Å². The Hall–Kier alpha value is -2.29. The van der Waals surface area contributed by atoms with Crippen molar-refractivity contribution in [2.75, 3.05) is 12.4 Å². The van der Waals surface area contributed by atoms with Gasteiger partial charge >= 0.3 is 0 Å². The molecule has 1 aliphatic heterocycles. The first-order valence-corrected chi connectivity index (χ1v) is 7.97. The average Bonchev–Trinajstić information content (AvgIpc) is 2.52. The van der Waals surface area contributed by atoms with E-state index in [2.05, 4.69) is 44.3 Å². The summed E-state index contributed by atoms with van der Waals surface area (Å²) in [6.07, 6.45) is 0.445. The van der Waals surface area contributed by atoms with Crippen molar-refractivity contribution in [3.8, 4) is 5.75 Å². The summed E-state index contributed by atoms with van der Waals surface area (Å²) in [4.78, 5) is 12.1. The van der Waals surface area contributed by atoms with Crippen LogP contribution in [0.5, 0.6) is 5.75 Å². The van der Waals surface area contributed by atoms with Gasteiger partial charge in [0, 0.05) is 23.6 Å². The topological polar surface area (TPSA) is 38.3 Å². The highest BCUT2D eigenvalue weighted by molar-refractivity contribution is 5.95. The lowest BCUT2D eigenvalue weighted by Gasteiger charge is -2.29. The molecular formula is C20H23NO2. The molecule has 3 nitrogen and oxygen atoms in total. The molecule has 1 aliphatic rings. The number of rotatable bonds is 2. The number of ether oxygens (including phenoxy) is 1. The largest absolute Gasteiger partial charge is 0.496 e. The summed E-state index contributed by atoms with van der Waals surface area (Å²) in [6, 6.07) is 14.3. The summed E-state index contributed by atoms with van der Waals surface area (Å²) in [5.74, 6) is 0.911. The Balaban J connectivity index is 2.15. The fourth-order valence-corrected chi connectivity index (χ4v) is 3.16. The second kappa shape index (κ2) is 5.73. The highest BCUT2D eigenvalue weighted by atomic mass is 16.5. The molecule has 0 saturated heterocycles. The maximum Gasteiger partial charge on any atom is 0.225 e. The second-order valence-corrected chi connectivity index (χ2v) is 7.10. The van der Waals surface area contributed by atoms with E-state index in [0.29, 0.717) is 6.42 Å². The summed E-state index contributed by atoms with van der Waals surface area (Å²) < 4.78 is 5.51. The van der Waals surface area contributed by atoms with Crippen LogP contribution < -0.4 is 10.1 Å². The Kier molecular flexibility index (Phi) is 3.88. The third-order valence-electron chi connectivity index (χ3n) is 4.47. The van der Waals surface area contributed by atoms with Gasteiger partial charge in [-0.1, -0.05) is 51.1 Å². The summed E-state index contributed by atoms with van der Waals surface area (Å²) in [5, 5.41) is 3.00. The molecule has 0 fully saturated rings. The van der Waals surface area contributed by atoms with Crippen molar-refractivity contribution >= 4 is 11.6 Å². The lowest BCUT2D eigenvalue weighted by Crippen LogP contribution is -2.24. The van der Waals surface area contributed by atoms with Crippen molar-refractivity contribution in [3.63, 3.8) is 0 Å². The van der Waals surface area contributed by atoms with Gasteiger partial charge in [-0.3, -0.25) is 4.79 Å². The van der Waals surface area contributed by atoms with Crippen LogP contribution in [0.1, 0.15) is 49.8 Å². The molecule has 3 heteroatoms. The normalized spacial score (nSPS) is 17.4. The molecule has 2 aromatic carbocycles. The molecule has 1 amide bonds. The van der Waals surface area contributed by atoms with Gasteiger partial charge in [0.1, 0.15) is 5.75 Å². The van der Waals surface area contributed by atoms with Crippen molar-refractivity contribution in [1.29, 1.82) is 0 Å². The third-order valence-corrected chi connectivity index (χ3v) is 4.47. The molecule has 0 saturated carbocycles. The van der Waals surface area contributed by atoms with E-state index in [9.17, 15) is 4.79 Å². The molecule has 1 atom stereocenters. The predicted octanol–water partition coefficient (Wildman–Crippen LogP) is 4.47. The third kappa shape index (κ3) is 2.96. The lowest BCUT2D eigenvalue weighted by atomic mass is 9.79. The molecule has 0 aromatic heterocycles. The van der Waals surface area contributed by atoms with Crippen LogP contribution in [0.3, 0.4) is 0 Å². The average molecular weight is 309 g/mol. The highest BCUT2D eigenvalue weighted by Crippen LogP contribution is 2.42. The van der Waals surface area contributed by atoms with E-state index < -0.39 is 0 Å². The SMILES string of the molecule is COc1ccccc1C1CC(=O)Nc2ccc(C(C)(C)C)cc21. The Morgan fingerprint density at radius 1 is 1.09 bits per heavy atom. The standard InChI is InChI=1S/C20H23NO2/c1-20(2,3)13-9-10-17-16(11-13)15(12-19(22)21-17)14-7-5-6-8-18(14)23-4/h5-11,15H,12H2,1-4H3,(H,21,22). The van der Waals surface area contributed by atoms with Crippen LogP contribution in [0.25, 0.3) is 0 Å². The first-order chi connectivity index (χ1) is 10.9. The van der Waals surface area contributed by atoms with Gasteiger partial charge in [0.25, 0.3) is 0 Å². The first-order valence-electron chi connectivity index (χ1n) is 7.97. The van der Waals surface area contributed by atoms with Gasteiger partial charge < -0.3 is 10.1 Å². The molecule has 23 heavy (non-hydrogen) atoms. The number of hydrogen-bond acceptors (Lipinski definition) is 2. The predicted molar refractivity (Wildman–Crippen MR) is 93.2 cm³/mol. The molecule has 2 aromatic rings. The smallest absolute Gasteiger partial charge is 0.225 e. The maximum absolute atomic E-state index is 12.1. The summed E-state index contributed by atoms with van der Waals surface area (Å²) in [7, 11) is 1.67. The fourth-order valence-electron chi connectivity index (χ4n) is 3.16. The van der Waals surface area contributed by atoms with Crippen molar-refractivity contribution in [2.45, 2.75) is 38.5 Å². The Bertz CT molecular complexity index is 744. The molecule has 3 rings (SSSR count).